The molecule has 1 amide bonds. The topological polar surface area (TPSA) is 60.8 Å². The predicted molar refractivity (Wildman–Crippen MR) is 59.0 cm³/mol. The Kier molecular flexibility index (Phi) is 2.59. The molecule has 1 heterocycles. The second-order valence-electron chi connectivity index (χ2n) is 4.59. The molecule has 0 atom stereocenters. The van der Waals surface area contributed by atoms with Crippen LogP contribution in [0.25, 0.3) is 0 Å². The Balaban J connectivity index is 1.91. The largest absolute Gasteiger partial charge is 0.508 e. The maximum Gasteiger partial charge on any atom is 0.227 e. The van der Waals surface area contributed by atoms with Gasteiger partial charge in [-0.15, -0.1) is 0 Å². The molecule has 16 heavy (non-hydrogen) atoms. The third kappa shape index (κ3) is 2.33. The highest BCUT2D eigenvalue weighted by atomic mass is 16.3. The molecule has 1 aromatic rings. The lowest BCUT2D eigenvalue weighted by Gasteiger charge is -2.44. The number of phenolic OH excluding ortho intramolecular Hbond substituents is 1. The van der Waals surface area contributed by atoms with Crippen molar-refractivity contribution in [1.82, 2.24) is 4.90 Å². The summed E-state index contributed by atoms with van der Waals surface area (Å²) in [5.41, 5.74) is 0.152. The lowest BCUT2D eigenvalue weighted by molar-refractivity contribution is -0.151. The minimum Gasteiger partial charge on any atom is -0.508 e. The van der Waals surface area contributed by atoms with Crippen LogP contribution in [-0.2, 0) is 11.2 Å². The third-order valence-electron chi connectivity index (χ3n) is 2.71. The number of likely N-dealkylation sites (tertiary alicyclic amines) is 1. The molecule has 4 nitrogen and oxygen atoms in total. The highest BCUT2D eigenvalue weighted by molar-refractivity contribution is 5.79. The van der Waals surface area contributed by atoms with Gasteiger partial charge in [-0.25, -0.2) is 0 Å². The monoisotopic (exact) mass is 221 g/mol. The molecule has 0 aromatic heterocycles. The Labute approximate surface area is 94.1 Å². The van der Waals surface area contributed by atoms with E-state index in [4.69, 9.17) is 5.11 Å². The number of rotatable bonds is 2. The fraction of sp³-hybridized carbons (Fsp3) is 0.417. The van der Waals surface area contributed by atoms with E-state index in [1.807, 2.05) is 0 Å². The van der Waals surface area contributed by atoms with Gasteiger partial charge in [0.05, 0.1) is 25.1 Å². The molecule has 1 saturated heterocycles. The number of carbonyl (C=O) groups excluding carboxylic acids is 1. The van der Waals surface area contributed by atoms with Crippen molar-refractivity contribution in [3.8, 4) is 5.75 Å². The molecule has 1 aliphatic rings. The molecule has 2 rings (SSSR count). The highest BCUT2D eigenvalue weighted by Gasteiger charge is 2.38. The number of hydrogen-bond acceptors (Lipinski definition) is 3. The Bertz CT molecular complexity index is 389. The minimum atomic E-state index is -0.718. The van der Waals surface area contributed by atoms with Crippen molar-refractivity contribution in [2.45, 2.75) is 18.9 Å². The van der Waals surface area contributed by atoms with Gasteiger partial charge in [0.1, 0.15) is 5.75 Å². The molecule has 0 spiro atoms. The fourth-order valence-corrected chi connectivity index (χ4v) is 1.85. The number of aromatic hydroxyl groups is 1. The van der Waals surface area contributed by atoms with Crippen LogP contribution >= 0.6 is 0 Å². The second kappa shape index (κ2) is 3.79. The van der Waals surface area contributed by atoms with E-state index in [9.17, 15) is 9.90 Å². The summed E-state index contributed by atoms with van der Waals surface area (Å²) in [6.07, 6.45) is 0.316. The van der Waals surface area contributed by atoms with Crippen LogP contribution in [0.5, 0.6) is 5.75 Å². The van der Waals surface area contributed by atoms with Crippen molar-refractivity contribution in [1.29, 1.82) is 0 Å². The zero-order chi connectivity index (χ0) is 11.8. The van der Waals surface area contributed by atoms with Gasteiger partial charge in [0, 0.05) is 0 Å². The fourth-order valence-electron chi connectivity index (χ4n) is 1.85. The summed E-state index contributed by atoms with van der Waals surface area (Å²) in [4.78, 5) is 13.4. The molecule has 1 aromatic carbocycles. The Morgan fingerprint density at radius 1 is 1.38 bits per heavy atom. The Hall–Kier alpha value is -1.55. The van der Waals surface area contributed by atoms with Crippen LogP contribution in [0.2, 0.25) is 0 Å². The Morgan fingerprint density at radius 3 is 2.44 bits per heavy atom. The number of phenols is 1. The first-order valence-electron chi connectivity index (χ1n) is 5.24. The number of aliphatic hydroxyl groups is 1. The zero-order valence-corrected chi connectivity index (χ0v) is 9.18. The van der Waals surface area contributed by atoms with E-state index in [1.165, 1.54) is 0 Å². The van der Waals surface area contributed by atoms with E-state index in [0.29, 0.717) is 19.5 Å². The van der Waals surface area contributed by atoms with E-state index in [0.717, 1.165) is 5.56 Å². The first-order chi connectivity index (χ1) is 7.46. The van der Waals surface area contributed by atoms with E-state index >= 15 is 0 Å². The van der Waals surface area contributed by atoms with Gasteiger partial charge in [-0.1, -0.05) is 12.1 Å². The maximum atomic E-state index is 11.7. The lowest BCUT2D eigenvalue weighted by Crippen LogP contribution is -2.62. The normalized spacial score (nSPS) is 18.0. The molecule has 86 valence electrons. The van der Waals surface area contributed by atoms with Gasteiger partial charge < -0.3 is 15.1 Å². The first kappa shape index (κ1) is 11.0. The van der Waals surface area contributed by atoms with Gasteiger partial charge in [0.15, 0.2) is 0 Å². The summed E-state index contributed by atoms with van der Waals surface area (Å²) in [5.74, 6) is 0.209. The van der Waals surface area contributed by atoms with Crippen LogP contribution in [0.4, 0.5) is 0 Å². The van der Waals surface area contributed by atoms with Gasteiger partial charge in [-0.05, 0) is 24.6 Å². The number of amides is 1. The molecule has 4 heteroatoms. The summed E-state index contributed by atoms with van der Waals surface area (Å²) in [7, 11) is 0. The standard InChI is InChI=1S/C12H15NO3/c1-12(16)7-13(8-12)11(15)6-9-2-4-10(14)5-3-9/h2-5,14,16H,6-8H2,1H3. The van der Waals surface area contributed by atoms with Gasteiger partial charge in [0.25, 0.3) is 0 Å². The maximum absolute atomic E-state index is 11.7. The van der Waals surface area contributed by atoms with Crippen molar-refractivity contribution in [2.75, 3.05) is 13.1 Å². The van der Waals surface area contributed by atoms with Gasteiger partial charge in [0.2, 0.25) is 5.91 Å². The van der Waals surface area contributed by atoms with Crippen LogP contribution in [-0.4, -0.2) is 39.7 Å². The second-order valence-corrected chi connectivity index (χ2v) is 4.59. The van der Waals surface area contributed by atoms with E-state index in [2.05, 4.69) is 0 Å². The van der Waals surface area contributed by atoms with Crippen LogP contribution in [0.15, 0.2) is 24.3 Å². The molecule has 1 aliphatic heterocycles. The lowest BCUT2D eigenvalue weighted by atomic mass is 9.96. The number of β-amino-alcohol motifs (C(OH)–C–C–N with tert-alkyl or cyclic N) is 1. The number of benzene rings is 1. The van der Waals surface area contributed by atoms with Crippen molar-refractivity contribution in [3.63, 3.8) is 0 Å². The van der Waals surface area contributed by atoms with Crippen LogP contribution in [0.3, 0.4) is 0 Å². The predicted octanol–water partition coefficient (Wildman–Crippen LogP) is 0.528. The third-order valence-corrected chi connectivity index (χ3v) is 2.71. The van der Waals surface area contributed by atoms with Crippen molar-refractivity contribution >= 4 is 5.91 Å². The number of hydrogen-bond donors (Lipinski definition) is 2. The minimum absolute atomic E-state index is 0.0113. The van der Waals surface area contributed by atoms with E-state index < -0.39 is 5.60 Å². The molecule has 0 bridgehead atoms. The van der Waals surface area contributed by atoms with E-state index in [1.54, 1.807) is 36.1 Å². The van der Waals surface area contributed by atoms with Crippen LogP contribution in [0, 0.1) is 0 Å². The molecule has 2 N–H and O–H groups in total. The molecular weight excluding hydrogens is 206 g/mol. The number of nitrogens with zero attached hydrogens (tertiary/aromatic N) is 1. The van der Waals surface area contributed by atoms with E-state index in [-0.39, 0.29) is 11.7 Å². The molecule has 0 aliphatic carbocycles. The summed E-state index contributed by atoms with van der Waals surface area (Å²) >= 11 is 0. The average Bonchev–Trinajstić information content (AvgIpc) is 2.18. The molecule has 0 saturated carbocycles. The summed E-state index contributed by atoms with van der Waals surface area (Å²) < 4.78 is 0. The smallest absolute Gasteiger partial charge is 0.227 e. The molecule has 0 radical (unpaired) electrons. The van der Waals surface area contributed by atoms with Gasteiger partial charge in [-0.3, -0.25) is 4.79 Å². The zero-order valence-electron chi connectivity index (χ0n) is 9.18. The molecule has 0 unspecified atom stereocenters. The summed E-state index contributed by atoms with van der Waals surface area (Å²) in [5, 5.41) is 18.6. The quantitative estimate of drug-likeness (QED) is 0.765. The molecular formula is C12H15NO3. The molecule has 1 fully saturated rings. The number of carbonyl (C=O) groups is 1. The van der Waals surface area contributed by atoms with Crippen LogP contribution < -0.4 is 0 Å². The van der Waals surface area contributed by atoms with Crippen molar-refractivity contribution < 1.29 is 15.0 Å². The summed E-state index contributed by atoms with van der Waals surface area (Å²) in [6, 6.07) is 6.58. The highest BCUT2D eigenvalue weighted by Crippen LogP contribution is 2.21. The van der Waals surface area contributed by atoms with Gasteiger partial charge in [-0.2, -0.15) is 0 Å². The van der Waals surface area contributed by atoms with Gasteiger partial charge >= 0.3 is 0 Å². The summed E-state index contributed by atoms with van der Waals surface area (Å²) in [6.45, 7) is 2.53. The Morgan fingerprint density at radius 2 is 1.94 bits per heavy atom. The first-order valence-corrected chi connectivity index (χ1v) is 5.24. The van der Waals surface area contributed by atoms with Crippen molar-refractivity contribution in [3.05, 3.63) is 29.8 Å². The van der Waals surface area contributed by atoms with Crippen LogP contribution in [0.1, 0.15) is 12.5 Å². The van der Waals surface area contributed by atoms with Crippen molar-refractivity contribution in [2.24, 2.45) is 0 Å². The average molecular weight is 221 g/mol. The SMILES string of the molecule is CC1(O)CN(C(=O)Cc2ccc(O)cc2)C1.